The van der Waals surface area contributed by atoms with Gasteiger partial charge in [0.05, 0.1) is 12.0 Å². The lowest BCUT2D eigenvalue weighted by Crippen LogP contribution is -2.35. The van der Waals surface area contributed by atoms with Crippen LogP contribution in [0.2, 0.25) is 0 Å². The highest BCUT2D eigenvalue weighted by molar-refractivity contribution is 6.00. The Hall–Kier alpha value is -1.55. The first-order valence-electron chi connectivity index (χ1n) is 8.26. The van der Waals surface area contributed by atoms with Crippen molar-refractivity contribution in [1.82, 2.24) is 5.32 Å². The first-order valence-corrected chi connectivity index (χ1v) is 8.26. The Labute approximate surface area is 132 Å². The normalized spacial score (nSPS) is 20.5. The molecule has 0 unspecified atom stereocenters. The van der Waals surface area contributed by atoms with Crippen molar-refractivity contribution in [2.45, 2.75) is 57.6 Å². The second-order valence-corrected chi connectivity index (χ2v) is 6.90. The SMILES string of the molecule is CC1(C)CC(=O)c2ccc(OCCNC3CCCC3)cc2O1. The summed E-state index contributed by atoms with van der Waals surface area (Å²) in [4.78, 5) is 12.1. The minimum atomic E-state index is -0.438. The Bertz CT molecular complexity index is 547. The average molecular weight is 303 g/mol. The van der Waals surface area contributed by atoms with Crippen molar-refractivity contribution in [3.8, 4) is 11.5 Å². The van der Waals surface area contributed by atoms with Crippen LogP contribution >= 0.6 is 0 Å². The molecule has 1 aliphatic heterocycles. The summed E-state index contributed by atoms with van der Waals surface area (Å²) in [6, 6.07) is 6.17. The smallest absolute Gasteiger partial charge is 0.170 e. The molecular weight excluding hydrogens is 278 g/mol. The van der Waals surface area contributed by atoms with E-state index in [-0.39, 0.29) is 5.78 Å². The van der Waals surface area contributed by atoms with E-state index in [1.54, 1.807) is 0 Å². The highest BCUT2D eigenvalue weighted by atomic mass is 16.5. The molecule has 0 bridgehead atoms. The predicted octanol–water partition coefficient (Wildman–Crippen LogP) is 3.34. The zero-order valence-electron chi connectivity index (χ0n) is 13.5. The molecule has 1 aromatic rings. The van der Waals surface area contributed by atoms with E-state index in [9.17, 15) is 4.79 Å². The molecule has 0 spiro atoms. The number of hydrogen-bond donors (Lipinski definition) is 1. The highest BCUT2D eigenvalue weighted by Crippen LogP contribution is 2.35. The van der Waals surface area contributed by atoms with Crippen molar-refractivity contribution in [2.24, 2.45) is 0 Å². The summed E-state index contributed by atoms with van der Waals surface area (Å²) in [7, 11) is 0. The number of ether oxygens (including phenoxy) is 2. The number of ketones is 1. The number of nitrogens with one attached hydrogen (secondary N) is 1. The molecule has 2 aliphatic rings. The quantitative estimate of drug-likeness (QED) is 0.848. The summed E-state index contributed by atoms with van der Waals surface area (Å²) in [5.41, 5.74) is 0.225. The van der Waals surface area contributed by atoms with Crippen LogP contribution in [0.3, 0.4) is 0 Å². The number of fused-ring (bicyclic) bond motifs is 1. The molecule has 4 heteroatoms. The van der Waals surface area contributed by atoms with Gasteiger partial charge in [0.15, 0.2) is 5.78 Å². The van der Waals surface area contributed by atoms with Gasteiger partial charge in [-0.1, -0.05) is 12.8 Å². The molecule has 0 aromatic heterocycles. The minimum Gasteiger partial charge on any atom is -0.492 e. The number of rotatable bonds is 5. The molecule has 4 nitrogen and oxygen atoms in total. The van der Waals surface area contributed by atoms with Crippen molar-refractivity contribution in [2.75, 3.05) is 13.2 Å². The summed E-state index contributed by atoms with van der Waals surface area (Å²) >= 11 is 0. The molecule has 0 radical (unpaired) electrons. The van der Waals surface area contributed by atoms with E-state index in [1.807, 2.05) is 32.0 Å². The molecular formula is C18H25NO3. The van der Waals surface area contributed by atoms with Crippen LogP contribution in [0.25, 0.3) is 0 Å². The van der Waals surface area contributed by atoms with Crippen molar-refractivity contribution >= 4 is 5.78 Å². The third-order valence-corrected chi connectivity index (χ3v) is 4.38. The molecule has 1 aromatic carbocycles. The number of hydrogen-bond acceptors (Lipinski definition) is 4. The van der Waals surface area contributed by atoms with Crippen LogP contribution in [0.15, 0.2) is 18.2 Å². The predicted molar refractivity (Wildman–Crippen MR) is 85.9 cm³/mol. The van der Waals surface area contributed by atoms with Gasteiger partial charge >= 0.3 is 0 Å². The molecule has 1 N–H and O–H groups in total. The first kappa shape index (κ1) is 15.3. The van der Waals surface area contributed by atoms with Crippen molar-refractivity contribution in [3.63, 3.8) is 0 Å². The van der Waals surface area contributed by atoms with Gasteiger partial charge in [-0.25, -0.2) is 0 Å². The molecule has 120 valence electrons. The summed E-state index contributed by atoms with van der Waals surface area (Å²) < 4.78 is 11.7. The molecule has 1 saturated carbocycles. The Morgan fingerprint density at radius 1 is 1.32 bits per heavy atom. The number of benzene rings is 1. The Morgan fingerprint density at radius 2 is 2.09 bits per heavy atom. The van der Waals surface area contributed by atoms with Gasteiger partial charge in [0, 0.05) is 18.7 Å². The van der Waals surface area contributed by atoms with E-state index in [0.717, 1.165) is 12.3 Å². The lowest BCUT2D eigenvalue weighted by atomic mass is 9.93. The fraction of sp³-hybridized carbons (Fsp3) is 0.611. The van der Waals surface area contributed by atoms with E-state index in [0.29, 0.717) is 30.4 Å². The monoisotopic (exact) mass is 303 g/mol. The highest BCUT2D eigenvalue weighted by Gasteiger charge is 2.32. The summed E-state index contributed by atoms with van der Waals surface area (Å²) in [5.74, 6) is 1.54. The van der Waals surface area contributed by atoms with Gasteiger partial charge in [-0.15, -0.1) is 0 Å². The molecule has 1 aliphatic carbocycles. The topological polar surface area (TPSA) is 47.6 Å². The maximum Gasteiger partial charge on any atom is 0.170 e. The molecule has 3 rings (SSSR count). The summed E-state index contributed by atoms with van der Waals surface area (Å²) in [5, 5.41) is 3.52. The van der Waals surface area contributed by atoms with Crippen LogP contribution in [0, 0.1) is 0 Å². The Morgan fingerprint density at radius 3 is 2.86 bits per heavy atom. The molecule has 0 amide bonds. The minimum absolute atomic E-state index is 0.140. The largest absolute Gasteiger partial charge is 0.492 e. The maximum atomic E-state index is 12.1. The molecule has 22 heavy (non-hydrogen) atoms. The van der Waals surface area contributed by atoms with Crippen LogP contribution in [0.5, 0.6) is 11.5 Å². The van der Waals surface area contributed by atoms with E-state index >= 15 is 0 Å². The van der Waals surface area contributed by atoms with Crippen LogP contribution in [-0.2, 0) is 0 Å². The maximum absolute atomic E-state index is 12.1. The van der Waals surface area contributed by atoms with E-state index in [2.05, 4.69) is 5.32 Å². The number of Topliss-reactive ketones (excluding diaryl/α,β-unsaturated/α-hetero) is 1. The second kappa shape index (κ2) is 6.29. The van der Waals surface area contributed by atoms with Crippen LogP contribution in [0.4, 0.5) is 0 Å². The number of carbonyl (C=O) groups excluding carboxylic acids is 1. The number of carbonyl (C=O) groups is 1. The fourth-order valence-electron chi connectivity index (χ4n) is 3.28. The van der Waals surface area contributed by atoms with Gasteiger partial charge in [0.1, 0.15) is 23.7 Å². The Balaban J connectivity index is 1.55. The first-order chi connectivity index (χ1) is 10.5. The molecule has 1 fully saturated rings. The van der Waals surface area contributed by atoms with Gasteiger partial charge < -0.3 is 14.8 Å². The van der Waals surface area contributed by atoms with Gasteiger partial charge in [-0.2, -0.15) is 0 Å². The van der Waals surface area contributed by atoms with Gasteiger partial charge in [-0.3, -0.25) is 4.79 Å². The van der Waals surface area contributed by atoms with Gasteiger partial charge in [0.25, 0.3) is 0 Å². The van der Waals surface area contributed by atoms with E-state index in [4.69, 9.17) is 9.47 Å². The molecule has 0 atom stereocenters. The molecule has 1 heterocycles. The van der Waals surface area contributed by atoms with Gasteiger partial charge in [-0.05, 0) is 38.8 Å². The standard InChI is InChI=1S/C18H25NO3/c1-18(2)12-16(20)15-8-7-14(11-17(15)22-18)21-10-9-19-13-5-3-4-6-13/h7-8,11,13,19H,3-6,9-10,12H2,1-2H3. The van der Waals surface area contributed by atoms with Crippen molar-refractivity contribution in [3.05, 3.63) is 23.8 Å². The van der Waals surface area contributed by atoms with Crippen molar-refractivity contribution in [1.29, 1.82) is 0 Å². The van der Waals surface area contributed by atoms with Gasteiger partial charge in [0.2, 0.25) is 0 Å². The van der Waals surface area contributed by atoms with E-state index < -0.39 is 5.60 Å². The lowest BCUT2D eigenvalue weighted by Gasteiger charge is -2.31. The zero-order valence-corrected chi connectivity index (χ0v) is 13.5. The average Bonchev–Trinajstić information content (AvgIpc) is 2.95. The lowest BCUT2D eigenvalue weighted by molar-refractivity contribution is 0.0618. The third-order valence-electron chi connectivity index (χ3n) is 4.38. The van der Waals surface area contributed by atoms with E-state index in [1.165, 1.54) is 25.7 Å². The molecule has 0 saturated heterocycles. The second-order valence-electron chi connectivity index (χ2n) is 6.90. The third kappa shape index (κ3) is 3.61. The van der Waals surface area contributed by atoms with Crippen molar-refractivity contribution < 1.29 is 14.3 Å². The Kier molecular flexibility index (Phi) is 4.39. The summed E-state index contributed by atoms with van der Waals surface area (Å²) in [6.07, 6.45) is 5.66. The van der Waals surface area contributed by atoms with Crippen LogP contribution < -0.4 is 14.8 Å². The zero-order chi connectivity index (χ0) is 15.6. The van der Waals surface area contributed by atoms with Crippen LogP contribution in [-0.4, -0.2) is 30.6 Å². The van der Waals surface area contributed by atoms with Crippen LogP contribution in [0.1, 0.15) is 56.3 Å². The fourth-order valence-corrected chi connectivity index (χ4v) is 3.28. The summed E-state index contributed by atoms with van der Waals surface area (Å²) in [6.45, 7) is 5.36.